The molecule has 1 aromatic carbocycles. The Morgan fingerprint density at radius 2 is 2.17 bits per heavy atom. The van der Waals surface area contributed by atoms with Gasteiger partial charge in [0.05, 0.1) is 11.8 Å². The second kappa shape index (κ2) is 7.67. The van der Waals surface area contributed by atoms with Crippen molar-refractivity contribution in [2.24, 2.45) is 0 Å². The molecule has 3 nitrogen and oxygen atoms in total. The maximum Gasteiger partial charge on any atom is 0.143 e. The molecule has 4 heteroatoms. The molecular formula is C14H19FN2O. The molecule has 0 aliphatic heterocycles. The van der Waals surface area contributed by atoms with Crippen LogP contribution in [0.25, 0.3) is 0 Å². The van der Waals surface area contributed by atoms with Gasteiger partial charge in [0.25, 0.3) is 0 Å². The van der Waals surface area contributed by atoms with E-state index in [1.807, 2.05) is 19.9 Å². The van der Waals surface area contributed by atoms with Crippen molar-refractivity contribution in [2.75, 3.05) is 18.5 Å². The van der Waals surface area contributed by atoms with Crippen molar-refractivity contribution in [2.45, 2.75) is 32.8 Å². The molecule has 0 unspecified atom stereocenters. The first-order chi connectivity index (χ1) is 8.65. The molecule has 0 heterocycles. The number of nitriles is 1. The number of nitrogens with zero attached hydrogens (tertiary/aromatic N) is 1. The minimum absolute atomic E-state index is 0.0796. The average molecular weight is 250 g/mol. The molecule has 0 fully saturated rings. The van der Waals surface area contributed by atoms with Crippen LogP contribution < -0.4 is 5.32 Å². The van der Waals surface area contributed by atoms with Gasteiger partial charge in [-0.25, -0.2) is 4.39 Å². The van der Waals surface area contributed by atoms with Gasteiger partial charge < -0.3 is 10.1 Å². The minimum Gasteiger partial charge on any atom is -0.384 e. The lowest BCUT2D eigenvalue weighted by atomic mass is 10.2. The van der Waals surface area contributed by atoms with Crippen LogP contribution in [0.4, 0.5) is 10.1 Å². The van der Waals surface area contributed by atoms with Gasteiger partial charge in [-0.2, -0.15) is 5.26 Å². The van der Waals surface area contributed by atoms with Crippen molar-refractivity contribution in [3.05, 3.63) is 29.6 Å². The van der Waals surface area contributed by atoms with Crippen LogP contribution in [-0.2, 0) is 4.74 Å². The zero-order chi connectivity index (χ0) is 13.4. The topological polar surface area (TPSA) is 45.0 Å². The summed E-state index contributed by atoms with van der Waals surface area (Å²) in [5.41, 5.74) is 0.637. The molecule has 0 bridgehead atoms. The van der Waals surface area contributed by atoms with Crippen LogP contribution in [0.3, 0.4) is 0 Å². The summed E-state index contributed by atoms with van der Waals surface area (Å²) >= 11 is 0. The monoisotopic (exact) mass is 250 g/mol. The highest BCUT2D eigenvalue weighted by Crippen LogP contribution is 2.17. The van der Waals surface area contributed by atoms with Crippen LogP contribution in [0.2, 0.25) is 0 Å². The Balaban J connectivity index is 2.32. The average Bonchev–Trinajstić information content (AvgIpc) is 2.33. The third kappa shape index (κ3) is 4.72. The zero-order valence-electron chi connectivity index (χ0n) is 10.9. The van der Waals surface area contributed by atoms with Crippen molar-refractivity contribution in [3.63, 3.8) is 0 Å². The predicted molar refractivity (Wildman–Crippen MR) is 69.9 cm³/mol. The number of halogens is 1. The highest BCUT2D eigenvalue weighted by atomic mass is 19.1. The lowest BCUT2D eigenvalue weighted by Crippen LogP contribution is -2.08. The molecule has 0 radical (unpaired) electrons. The summed E-state index contributed by atoms with van der Waals surface area (Å²) in [6.07, 6.45) is 2.13. The van der Waals surface area contributed by atoms with Crippen molar-refractivity contribution >= 4 is 5.69 Å². The van der Waals surface area contributed by atoms with Gasteiger partial charge in [0, 0.05) is 13.2 Å². The van der Waals surface area contributed by atoms with E-state index in [1.165, 1.54) is 6.07 Å². The number of benzene rings is 1. The van der Waals surface area contributed by atoms with Crippen LogP contribution in [0.1, 0.15) is 32.3 Å². The molecule has 1 rings (SSSR count). The molecule has 18 heavy (non-hydrogen) atoms. The zero-order valence-corrected chi connectivity index (χ0v) is 10.9. The third-order valence-corrected chi connectivity index (χ3v) is 2.46. The molecule has 0 aliphatic rings. The highest BCUT2D eigenvalue weighted by Gasteiger charge is 2.06. The summed E-state index contributed by atoms with van der Waals surface area (Å²) in [7, 11) is 0. The molecule has 0 aliphatic carbocycles. The molecule has 0 aromatic heterocycles. The van der Waals surface area contributed by atoms with E-state index in [0.29, 0.717) is 12.2 Å². The maximum atomic E-state index is 13.3. The van der Waals surface area contributed by atoms with Crippen LogP contribution in [0.15, 0.2) is 18.2 Å². The van der Waals surface area contributed by atoms with E-state index >= 15 is 0 Å². The van der Waals surface area contributed by atoms with Gasteiger partial charge in [-0.3, -0.25) is 0 Å². The Labute approximate surface area is 108 Å². The first-order valence-electron chi connectivity index (χ1n) is 6.19. The van der Waals surface area contributed by atoms with Crippen molar-refractivity contribution in [1.82, 2.24) is 0 Å². The van der Waals surface area contributed by atoms with Crippen LogP contribution >= 0.6 is 0 Å². The van der Waals surface area contributed by atoms with Crippen LogP contribution in [0, 0.1) is 17.1 Å². The summed E-state index contributed by atoms with van der Waals surface area (Å²) in [4.78, 5) is 0. The summed E-state index contributed by atoms with van der Waals surface area (Å²) < 4.78 is 18.7. The second-order valence-corrected chi connectivity index (χ2v) is 4.33. The number of unbranched alkanes of at least 4 members (excludes halogenated alkanes) is 1. The van der Waals surface area contributed by atoms with E-state index in [2.05, 4.69) is 5.32 Å². The van der Waals surface area contributed by atoms with Gasteiger partial charge in [0.1, 0.15) is 17.4 Å². The molecular weight excluding hydrogens is 231 g/mol. The Morgan fingerprint density at radius 3 is 2.83 bits per heavy atom. The molecule has 98 valence electrons. The Morgan fingerprint density at radius 1 is 1.39 bits per heavy atom. The first-order valence-corrected chi connectivity index (χ1v) is 6.19. The molecule has 0 atom stereocenters. The van der Waals surface area contributed by atoms with Gasteiger partial charge in [-0.05, 0) is 38.8 Å². The van der Waals surface area contributed by atoms with Crippen molar-refractivity contribution in [1.29, 1.82) is 5.26 Å². The summed E-state index contributed by atoms with van der Waals surface area (Å²) in [5, 5.41) is 11.9. The number of rotatable bonds is 7. The standard InChI is InChI=1S/C14H19FN2O/c1-11(2)18-9-4-3-8-17-14-7-5-6-13(15)12(14)10-16/h5-7,11,17H,3-4,8-9H2,1-2H3. The van der Waals surface area contributed by atoms with Crippen LogP contribution in [0.5, 0.6) is 0 Å². The van der Waals surface area contributed by atoms with Crippen molar-refractivity contribution in [3.8, 4) is 6.07 Å². The fourth-order valence-electron chi connectivity index (χ4n) is 1.55. The lowest BCUT2D eigenvalue weighted by molar-refractivity contribution is 0.0765. The summed E-state index contributed by atoms with van der Waals surface area (Å²) in [6.45, 7) is 5.45. The molecule has 0 saturated carbocycles. The molecule has 0 amide bonds. The maximum absolute atomic E-state index is 13.3. The Hall–Kier alpha value is -1.60. The second-order valence-electron chi connectivity index (χ2n) is 4.33. The van der Waals surface area contributed by atoms with Crippen LogP contribution in [-0.4, -0.2) is 19.3 Å². The molecule has 1 N–H and O–H groups in total. The van der Waals surface area contributed by atoms with Gasteiger partial charge in [0.2, 0.25) is 0 Å². The number of anilines is 1. The number of hydrogen-bond donors (Lipinski definition) is 1. The Bertz CT molecular complexity index is 413. The smallest absolute Gasteiger partial charge is 0.143 e. The lowest BCUT2D eigenvalue weighted by Gasteiger charge is -2.09. The first kappa shape index (κ1) is 14.5. The van der Waals surface area contributed by atoms with E-state index in [9.17, 15) is 4.39 Å². The third-order valence-electron chi connectivity index (χ3n) is 2.46. The van der Waals surface area contributed by atoms with Crippen molar-refractivity contribution < 1.29 is 9.13 Å². The number of nitrogens with one attached hydrogen (secondary N) is 1. The number of ether oxygens (including phenoxy) is 1. The van der Waals surface area contributed by atoms with E-state index in [1.54, 1.807) is 12.1 Å². The van der Waals surface area contributed by atoms with E-state index in [-0.39, 0.29) is 11.7 Å². The summed E-state index contributed by atoms with van der Waals surface area (Å²) in [5.74, 6) is -0.481. The largest absolute Gasteiger partial charge is 0.384 e. The fourth-order valence-corrected chi connectivity index (χ4v) is 1.55. The summed E-state index contributed by atoms with van der Waals surface area (Å²) in [6, 6.07) is 6.47. The minimum atomic E-state index is -0.481. The highest BCUT2D eigenvalue weighted by molar-refractivity contribution is 5.57. The quantitative estimate of drug-likeness (QED) is 0.755. The molecule has 0 saturated heterocycles. The SMILES string of the molecule is CC(C)OCCCCNc1cccc(F)c1C#N. The van der Waals surface area contributed by atoms with Gasteiger partial charge in [0.15, 0.2) is 0 Å². The molecule has 0 spiro atoms. The molecule has 1 aromatic rings. The normalized spacial score (nSPS) is 10.4. The fraction of sp³-hybridized carbons (Fsp3) is 0.500. The van der Waals surface area contributed by atoms with E-state index in [0.717, 1.165) is 19.4 Å². The number of hydrogen-bond acceptors (Lipinski definition) is 3. The van der Waals surface area contributed by atoms with E-state index < -0.39 is 5.82 Å². The van der Waals surface area contributed by atoms with Gasteiger partial charge in [-0.1, -0.05) is 6.07 Å². The van der Waals surface area contributed by atoms with Gasteiger partial charge in [-0.15, -0.1) is 0 Å². The van der Waals surface area contributed by atoms with Gasteiger partial charge >= 0.3 is 0 Å². The Kier molecular flexibility index (Phi) is 6.16. The predicted octanol–water partition coefficient (Wildman–Crippen LogP) is 3.31. The van der Waals surface area contributed by atoms with E-state index in [4.69, 9.17) is 10.00 Å².